The molecule has 0 aliphatic carbocycles. The van der Waals surface area contributed by atoms with E-state index in [0.717, 1.165) is 22.8 Å². The fourth-order valence-electron chi connectivity index (χ4n) is 2.92. The molecule has 0 saturated heterocycles. The second kappa shape index (κ2) is 9.79. The number of hydrogen-bond acceptors (Lipinski definition) is 7. The number of aromatic amines is 1. The summed E-state index contributed by atoms with van der Waals surface area (Å²) in [4.78, 5) is 4.54. The minimum absolute atomic E-state index is 0.462. The first-order valence-electron chi connectivity index (χ1n) is 9.50. The lowest BCUT2D eigenvalue weighted by Gasteiger charge is -2.13. The lowest BCUT2D eigenvalue weighted by Crippen LogP contribution is -2.14. The highest BCUT2D eigenvalue weighted by molar-refractivity contribution is 5.48. The molecule has 3 aromatic rings. The molecule has 29 heavy (non-hydrogen) atoms. The van der Waals surface area contributed by atoms with Crippen molar-refractivity contribution in [2.75, 3.05) is 32.7 Å². The van der Waals surface area contributed by atoms with Gasteiger partial charge in [-0.25, -0.2) is 4.98 Å². The summed E-state index contributed by atoms with van der Waals surface area (Å²) in [6.07, 6.45) is 0.684. The van der Waals surface area contributed by atoms with Crippen LogP contribution in [0.2, 0.25) is 0 Å². The summed E-state index contributed by atoms with van der Waals surface area (Å²) in [6, 6.07) is 12.9. The van der Waals surface area contributed by atoms with Gasteiger partial charge in [0.25, 0.3) is 0 Å². The van der Waals surface area contributed by atoms with Gasteiger partial charge >= 0.3 is 0 Å². The minimum Gasteiger partial charge on any atom is -0.497 e. The van der Waals surface area contributed by atoms with Crippen molar-refractivity contribution < 1.29 is 14.2 Å². The maximum Gasteiger partial charge on any atom is 0.171 e. The second-order valence-electron chi connectivity index (χ2n) is 6.37. The summed E-state index contributed by atoms with van der Waals surface area (Å²) < 4.78 is 16.2. The molecule has 0 amide bonds. The molecule has 1 unspecified atom stereocenters. The molecule has 2 aromatic carbocycles. The van der Waals surface area contributed by atoms with E-state index < -0.39 is 6.04 Å². The average Bonchev–Trinajstić information content (AvgIpc) is 3.22. The lowest BCUT2D eigenvalue weighted by atomic mass is 10.1. The number of nitrogens with zero attached hydrogens (tertiary/aromatic N) is 2. The maximum atomic E-state index is 6.37. The first-order valence-corrected chi connectivity index (χ1v) is 9.50. The van der Waals surface area contributed by atoms with Crippen LogP contribution < -0.4 is 25.3 Å². The monoisotopic (exact) mass is 397 g/mol. The van der Waals surface area contributed by atoms with Gasteiger partial charge in [0.15, 0.2) is 17.3 Å². The summed E-state index contributed by atoms with van der Waals surface area (Å²) in [5.74, 6) is 3.44. The summed E-state index contributed by atoms with van der Waals surface area (Å²) in [6.45, 7) is 3.17. The average molecular weight is 397 g/mol. The number of nitrogens with one attached hydrogen (secondary N) is 2. The van der Waals surface area contributed by atoms with Gasteiger partial charge in [-0.3, -0.25) is 5.10 Å². The zero-order chi connectivity index (χ0) is 20.6. The Bertz CT molecular complexity index is 928. The molecule has 0 fully saturated rings. The van der Waals surface area contributed by atoms with Gasteiger partial charge in [0.2, 0.25) is 0 Å². The zero-order valence-corrected chi connectivity index (χ0v) is 16.9. The fourth-order valence-corrected chi connectivity index (χ4v) is 2.92. The highest BCUT2D eigenvalue weighted by atomic mass is 16.5. The van der Waals surface area contributed by atoms with Gasteiger partial charge in [0.1, 0.15) is 11.6 Å². The van der Waals surface area contributed by atoms with Gasteiger partial charge in [0.05, 0.1) is 26.9 Å². The van der Waals surface area contributed by atoms with Gasteiger partial charge in [0, 0.05) is 24.7 Å². The number of benzene rings is 2. The highest BCUT2D eigenvalue weighted by Crippen LogP contribution is 2.31. The van der Waals surface area contributed by atoms with Crippen LogP contribution in [0, 0.1) is 0 Å². The van der Waals surface area contributed by atoms with E-state index in [4.69, 9.17) is 19.9 Å². The topological polar surface area (TPSA) is 107 Å². The normalized spacial score (nSPS) is 11.7. The quantitative estimate of drug-likeness (QED) is 0.483. The van der Waals surface area contributed by atoms with Crippen LogP contribution in [0.1, 0.15) is 30.2 Å². The standard InChI is InChI=1S/C21H27N5O3/c1-4-29-18-12-14(8-9-17(18)28-3)20(22)21-24-19(25-26-21)10-11-23-15-6-5-7-16(13-15)27-2/h5-9,12-13,20,23H,4,10-11,22H2,1-3H3,(H,24,25,26). The van der Waals surface area contributed by atoms with Crippen LogP contribution in [-0.4, -0.2) is 42.6 Å². The van der Waals surface area contributed by atoms with E-state index in [2.05, 4.69) is 20.5 Å². The summed E-state index contributed by atoms with van der Waals surface area (Å²) in [5.41, 5.74) is 8.21. The minimum atomic E-state index is -0.462. The van der Waals surface area contributed by atoms with Crippen molar-refractivity contribution in [3.8, 4) is 17.2 Å². The van der Waals surface area contributed by atoms with Crippen LogP contribution >= 0.6 is 0 Å². The molecule has 1 aromatic heterocycles. The van der Waals surface area contributed by atoms with E-state index in [1.165, 1.54) is 0 Å². The zero-order valence-electron chi connectivity index (χ0n) is 16.9. The predicted octanol–water partition coefficient (Wildman–Crippen LogP) is 2.92. The van der Waals surface area contributed by atoms with Crippen LogP contribution in [-0.2, 0) is 6.42 Å². The number of aromatic nitrogens is 3. The second-order valence-corrected chi connectivity index (χ2v) is 6.37. The molecule has 1 heterocycles. The first-order chi connectivity index (χ1) is 14.1. The Kier molecular flexibility index (Phi) is 6.91. The number of nitrogens with two attached hydrogens (primary N) is 1. The summed E-state index contributed by atoms with van der Waals surface area (Å²) in [7, 11) is 3.26. The number of methoxy groups -OCH3 is 2. The number of hydrogen-bond donors (Lipinski definition) is 3. The van der Waals surface area contributed by atoms with Crippen molar-refractivity contribution >= 4 is 5.69 Å². The molecule has 0 aliphatic heterocycles. The van der Waals surface area contributed by atoms with Crippen molar-refractivity contribution in [2.24, 2.45) is 5.73 Å². The molecule has 0 saturated carbocycles. The fraction of sp³-hybridized carbons (Fsp3) is 0.333. The van der Waals surface area contributed by atoms with Crippen molar-refractivity contribution in [1.82, 2.24) is 15.2 Å². The Morgan fingerprint density at radius 3 is 2.72 bits per heavy atom. The Labute approximate surface area is 170 Å². The van der Waals surface area contributed by atoms with E-state index in [1.807, 2.05) is 49.4 Å². The van der Waals surface area contributed by atoms with Crippen molar-refractivity contribution in [3.63, 3.8) is 0 Å². The Hall–Kier alpha value is -3.26. The van der Waals surface area contributed by atoms with E-state index in [-0.39, 0.29) is 0 Å². The predicted molar refractivity (Wildman–Crippen MR) is 112 cm³/mol. The lowest BCUT2D eigenvalue weighted by molar-refractivity contribution is 0.310. The van der Waals surface area contributed by atoms with E-state index >= 15 is 0 Å². The SMILES string of the molecule is CCOc1cc(C(N)c2n[nH]c(CCNc3cccc(OC)c3)n2)ccc1OC. The van der Waals surface area contributed by atoms with E-state index in [9.17, 15) is 0 Å². The Morgan fingerprint density at radius 1 is 1.10 bits per heavy atom. The molecule has 154 valence electrons. The molecule has 0 spiro atoms. The third-order valence-electron chi connectivity index (χ3n) is 4.43. The van der Waals surface area contributed by atoms with Gasteiger partial charge in [-0.1, -0.05) is 12.1 Å². The van der Waals surface area contributed by atoms with Crippen molar-refractivity contribution in [1.29, 1.82) is 0 Å². The highest BCUT2D eigenvalue weighted by Gasteiger charge is 2.17. The van der Waals surface area contributed by atoms with Crippen LogP contribution in [0.4, 0.5) is 5.69 Å². The maximum absolute atomic E-state index is 6.37. The molecule has 0 aliphatic rings. The molecule has 4 N–H and O–H groups in total. The van der Waals surface area contributed by atoms with E-state index in [1.54, 1.807) is 14.2 Å². The third kappa shape index (κ3) is 5.17. The van der Waals surface area contributed by atoms with Crippen LogP contribution in [0.3, 0.4) is 0 Å². The van der Waals surface area contributed by atoms with Crippen LogP contribution in [0.25, 0.3) is 0 Å². The van der Waals surface area contributed by atoms with Crippen molar-refractivity contribution in [2.45, 2.75) is 19.4 Å². The molecule has 0 radical (unpaired) electrons. The molecule has 1 atom stereocenters. The first kappa shape index (κ1) is 20.5. The Morgan fingerprint density at radius 2 is 1.97 bits per heavy atom. The van der Waals surface area contributed by atoms with Gasteiger partial charge in [-0.15, -0.1) is 0 Å². The summed E-state index contributed by atoms with van der Waals surface area (Å²) in [5, 5.41) is 10.6. The molecule has 0 bridgehead atoms. The number of anilines is 1. The molecule has 3 rings (SSSR count). The van der Waals surface area contributed by atoms with Gasteiger partial charge < -0.3 is 25.3 Å². The molecule has 8 heteroatoms. The molecule has 8 nitrogen and oxygen atoms in total. The number of rotatable bonds is 10. The smallest absolute Gasteiger partial charge is 0.171 e. The molecular weight excluding hydrogens is 370 g/mol. The third-order valence-corrected chi connectivity index (χ3v) is 4.43. The van der Waals surface area contributed by atoms with Crippen molar-refractivity contribution in [3.05, 3.63) is 59.7 Å². The van der Waals surface area contributed by atoms with Crippen LogP contribution in [0.15, 0.2) is 42.5 Å². The summed E-state index contributed by atoms with van der Waals surface area (Å²) >= 11 is 0. The Balaban J connectivity index is 1.62. The number of ether oxygens (including phenoxy) is 3. The largest absolute Gasteiger partial charge is 0.497 e. The van der Waals surface area contributed by atoms with E-state index in [0.29, 0.717) is 36.9 Å². The van der Waals surface area contributed by atoms with Gasteiger partial charge in [-0.2, -0.15) is 5.10 Å². The molecular formula is C21H27N5O3. The van der Waals surface area contributed by atoms with Gasteiger partial charge in [-0.05, 0) is 36.8 Å². The number of H-pyrrole nitrogens is 1. The van der Waals surface area contributed by atoms with Crippen LogP contribution in [0.5, 0.6) is 17.2 Å².